The third-order valence-electron chi connectivity index (χ3n) is 4.99. The minimum atomic E-state index is 0.190. The van der Waals surface area contributed by atoms with Crippen LogP contribution >= 0.6 is 0 Å². The van der Waals surface area contributed by atoms with E-state index in [1.165, 1.54) is 30.4 Å². The van der Waals surface area contributed by atoms with Crippen LogP contribution in [0.4, 0.5) is 0 Å². The Kier molecular flexibility index (Phi) is 8.85. The molecule has 3 nitrogen and oxygen atoms in total. The molecule has 0 saturated carbocycles. The zero-order chi connectivity index (χ0) is 20.4. The van der Waals surface area contributed by atoms with Gasteiger partial charge in [0.1, 0.15) is 0 Å². The van der Waals surface area contributed by atoms with Crippen LogP contribution in [0.5, 0.6) is 11.5 Å². The molecule has 1 N–H and O–H groups in total. The fourth-order valence-corrected chi connectivity index (χ4v) is 3.19. The Morgan fingerprint density at radius 3 is 2.29 bits per heavy atom. The van der Waals surface area contributed by atoms with Crippen molar-refractivity contribution in [2.75, 3.05) is 13.7 Å². The van der Waals surface area contributed by atoms with Gasteiger partial charge in [-0.3, -0.25) is 0 Å². The van der Waals surface area contributed by atoms with Crippen molar-refractivity contribution in [3.8, 4) is 11.5 Å². The molecule has 2 aromatic carbocycles. The summed E-state index contributed by atoms with van der Waals surface area (Å²) in [5, 5.41) is 3.54. The van der Waals surface area contributed by atoms with E-state index in [4.69, 9.17) is 9.47 Å². The Labute approximate surface area is 171 Å². The Hall–Kier alpha value is -2.00. The number of methoxy groups -OCH3 is 1. The zero-order valence-corrected chi connectivity index (χ0v) is 18.3. The number of hydrogen-bond acceptors (Lipinski definition) is 3. The fourth-order valence-electron chi connectivity index (χ4n) is 3.19. The Balaban J connectivity index is 1.93. The lowest BCUT2D eigenvalue weighted by Gasteiger charge is -2.19. The molecule has 2 aromatic rings. The Bertz CT molecular complexity index is 701. The van der Waals surface area contributed by atoms with Gasteiger partial charge in [-0.05, 0) is 29.0 Å². The van der Waals surface area contributed by atoms with Gasteiger partial charge in [-0.25, -0.2) is 0 Å². The molecular weight excluding hydrogens is 346 g/mol. The lowest BCUT2D eigenvalue weighted by atomic mass is 9.87. The normalized spacial score (nSPS) is 11.5. The van der Waals surface area contributed by atoms with Crippen molar-refractivity contribution < 1.29 is 9.47 Å². The summed E-state index contributed by atoms with van der Waals surface area (Å²) in [6.45, 7) is 11.3. The average Bonchev–Trinajstić information content (AvgIpc) is 2.68. The van der Waals surface area contributed by atoms with Gasteiger partial charge >= 0.3 is 0 Å². The van der Waals surface area contributed by atoms with Crippen molar-refractivity contribution in [1.29, 1.82) is 0 Å². The van der Waals surface area contributed by atoms with Crippen molar-refractivity contribution in [2.45, 2.75) is 71.9 Å². The molecule has 154 valence electrons. The maximum Gasteiger partial charge on any atom is 0.165 e. The summed E-state index contributed by atoms with van der Waals surface area (Å²) < 4.78 is 11.6. The molecule has 0 aromatic heterocycles. The van der Waals surface area contributed by atoms with Crippen LogP contribution in [-0.2, 0) is 18.5 Å². The second-order valence-corrected chi connectivity index (χ2v) is 8.41. The van der Waals surface area contributed by atoms with Gasteiger partial charge < -0.3 is 14.8 Å². The number of nitrogens with one attached hydrogen (secondary N) is 1. The smallest absolute Gasteiger partial charge is 0.165 e. The number of para-hydroxylation sites is 1. The van der Waals surface area contributed by atoms with Crippen molar-refractivity contribution >= 4 is 0 Å². The summed E-state index contributed by atoms with van der Waals surface area (Å²) in [4.78, 5) is 0. The molecule has 0 bridgehead atoms. The maximum atomic E-state index is 6.10. The quantitative estimate of drug-likeness (QED) is 0.466. The minimum Gasteiger partial charge on any atom is -0.493 e. The van der Waals surface area contributed by atoms with E-state index in [1.807, 2.05) is 12.1 Å². The van der Waals surface area contributed by atoms with Gasteiger partial charge in [0.2, 0.25) is 0 Å². The summed E-state index contributed by atoms with van der Waals surface area (Å²) >= 11 is 0. The first kappa shape index (κ1) is 22.3. The van der Waals surface area contributed by atoms with Crippen molar-refractivity contribution in [2.24, 2.45) is 0 Å². The molecule has 0 heterocycles. The lowest BCUT2D eigenvalue weighted by Crippen LogP contribution is -2.15. The van der Waals surface area contributed by atoms with E-state index < -0.39 is 0 Å². The van der Waals surface area contributed by atoms with Crippen LogP contribution in [0, 0.1) is 0 Å². The van der Waals surface area contributed by atoms with Gasteiger partial charge in [0, 0.05) is 18.7 Å². The highest BCUT2D eigenvalue weighted by atomic mass is 16.5. The highest BCUT2D eigenvalue weighted by Crippen LogP contribution is 2.31. The van der Waals surface area contributed by atoms with E-state index in [0.29, 0.717) is 0 Å². The van der Waals surface area contributed by atoms with E-state index in [9.17, 15) is 0 Å². The van der Waals surface area contributed by atoms with Crippen LogP contribution in [0.15, 0.2) is 42.5 Å². The van der Waals surface area contributed by atoms with Crippen molar-refractivity contribution in [1.82, 2.24) is 5.32 Å². The molecule has 2 rings (SSSR count). The minimum absolute atomic E-state index is 0.190. The summed E-state index contributed by atoms with van der Waals surface area (Å²) in [6, 6.07) is 15.0. The van der Waals surface area contributed by atoms with E-state index in [0.717, 1.165) is 43.2 Å². The molecule has 0 aliphatic carbocycles. The van der Waals surface area contributed by atoms with Crippen molar-refractivity contribution in [3.05, 3.63) is 59.2 Å². The predicted molar refractivity (Wildman–Crippen MR) is 118 cm³/mol. The highest BCUT2D eigenvalue weighted by molar-refractivity contribution is 5.46. The van der Waals surface area contributed by atoms with E-state index >= 15 is 0 Å². The standard InChI is InChI=1S/C25H37NO2/c1-6-7-8-9-17-28-24-21(11-10-12-23(24)27-5)19-26-18-20-13-15-22(16-14-20)25(2,3)4/h10-16,26H,6-9,17-19H2,1-5H3. The van der Waals surface area contributed by atoms with Crippen LogP contribution in [-0.4, -0.2) is 13.7 Å². The van der Waals surface area contributed by atoms with E-state index in [1.54, 1.807) is 7.11 Å². The summed E-state index contributed by atoms with van der Waals surface area (Å²) in [7, 11) is 1.70. The summed E-state index contributed by atoms with van der Waals surface area (Å²) in [5.41, 5.74) is 3.98. The van der Waals surface area contributed by atoms with Gasteiger partial charge in [-0.2, -0.15) is 0 Å². The van der Waals surface area contributed by atoms with Crippen LogP contribution < -0.4 is 14.8 Å². The average molecular weight is 384 g/mol. The molecule has 0 atom stereocenters. The van der Waals surface area contributed by atoms with Gasteiger partial charge in [-0.15, -0.1) is 0 Å². The SMILES string of the molecule is CCCCCCOc1c(CNCc2ccc(C(C)(C)C)cc2)cccc1OC. The fraction of sp³-hybridized carbons (Fsp3) is 0.520. The molecule has 28 heavy (non-hydrogen) atoms. The molecule has 0 spiro atoms. The molecule has 3 heteroatoms. The summed E-state index contributed by atoms with van der Waals surface area (Å²) in [6.07, 6.45) is 4.79. The summed E-state index contributed by atoms with van der Waals surface area (Å²) in [5.74, 6) is 1.68. The first-order chi connectivity index (χ1) is 13.5. The van der Waals surface area contributed by atoms with E-state index in [2.05, 4.69) is 63.3 Å². The zero-order valence-electron chi connectivity index (χ0n) is 18.3. The van der Waals surface area contributed by atoms with Gasteiger partial charge in [0.25, 0.3) is 0 Å². The number of hydrogen-bond donors (Lipinski definition) is 1. The Morgan fingerprint density at radius 2 is 1.64 bits per heavy atom. The van der Waals surface area contributed by atoms with Gasteiger partial charge in [-0.1, -0.05) is 83.4 Å². The molecule has 0 amide bonds. The molecule has 0 aliphatic heterocycles. The van der Waals surface area contributed by atoms with Crippen LogP contribution in [0.25, 0.3) is 0 Å². The predicted octanol–water partition coefficient (Wildman–Crippen LogP) is 6.24. The Morgan fingerprint density at radius 1 is 0.893 bits per heavy atom. The lowest BCUT2D eigenvalue weighted by molar-refractivity contribution is 0.281. The highest BCUT2D eigenvalue weighted by Gasteiger charge is 2.13. The van der Waals surface area contributed by atoms with Gasteiger partial charge in [0.15, 0.2) is 11.5 Å². The van der Waals surface area contributed by atoms with Crippen LogP contribution in [0.1, 0.15) is 70.1 Å². The maximum absolute atomic E-state index is 6.10. The second-order valence-electron chi connectivity index (χ2n) is 8.41. The van der Waals surface area contributed by atoms with E-state index in [-0.39, 0.29) is 5.41 Å². The molecule has 0 fully saturated rings. The first-order valence-corrected chi connectivity index (χ1v) is 10.5. The van der Waals surface area contributed by atoms with Crippen LogP contribution in [0.3, 0.4) is 0 Å². The molecule has 0 saturated heterocycles. The number of ether oxygens (including phenoxy) is 2. The monoisotopic (exact) mass is 383 g/mol. The number of benzene rings is 2. The van der Waals surface area contributed by atoms with Crippen molar-refractivity contribution in [3.63, 3.8) is 0 Å². The second kappa shape index (κ2) is 11.1. The molecule has 0 radical (unpaired) electrons. The largest absolute Gasteiger partial charge is 0.493 e. The molecular formula is C25H37NO2. The van der Waals surface area contributed by atoms with Gasteiger partial charge in [0.05, 0.1) is 13.7 Å². The first-order valence-electron chi connectivity index (χ1n) is 10.5. The topological polar surface area (TPSA) is 30.5 Å². The number of rotatable bonds is 11. The number of unbranched alkanes of at least 4 members (excludes halogenated alkanes) is 3. The third-order valence-corrected chi connectivity index (χ3v) is 4.99. The molecule has 0 aliphatic rings. The molecule has 0 unspecified atom stereocenters. The third kappa shape index (κ3) is 6.87. The van der Waals surface area contributed by atoms with Crippen LogP contribution in [0.2, 0.25) is 0 Å².